The van der Waals surface area contributed by atoms with Crippen LogP contribution in [0.3, 0.4) is 0 Å². The van der Waals surface area contributed by atoms with E-state index in [-0.39, 0.29) is 5.69 Å². The van der Waals surface area contributed by atoms with Crippen LogP contribution in [0.2, 0.25) is 0 Å². The molecule has 3 aromatic rings. The molecule has 4 rings (SSSR count). The number of amides is 1. The predicted molar refractivity (Wildman–Crippen MR) is 103 cm³/mol. The minimum Gasteiger partial charge on any atom is -0.477 e. The number of carboxylic acid groups (broad SMARTS) is 1. The van der Waals surface area contributed by atoms with Crippen LogP contribution in [-0.2, 0) is 17.6 Å². The quantitative estimate of drug-likeness (QED) is 0.553. The molecule has 7 heteroatoms. The molecule has 146 valence electrons. The summed E-state index contributed by atoms with van der Waals surface area (Å²) in [6, 6.07) is 3.02. The van der Waals surface area contributed by atoms with Gasteiger partial charge in [-0.15, -0.1) is 0 Å². The molecule has 0 spiro atoms. The van der Waals surface area contributed by atoms with Crippen molar-refractivity contribution in [2.24, 2.45) is 5.73 Å². The molecule has 6 nitrogen and oxygen atoms in total. The van der Waals surface area contributed by atoms with Gasteiger partial charge in [-0.1, -0.05) is 6.07 Å². The van der Waals surface area contributed by atoms with Gasteiger partial charge >= 0.3 is 5.97 Å². The molecule has 1 amide bonds. The number of rotatable bonds is 4. The number of nitrogens with two attached hydrogens (primary N) is 1. The fourth-order valence-electron chi connectivity index (χ4n) is 4.58. The van der Waals surface area contributed by atoms with Gasteiger partial charge in [0.2, 0.25) is 5.91 Å². The van der Waals surface area contributed by atoms with Crippen LogP contribution < -0.4 is 5.73 Å². The highest BCUT2D eigenvalue weighted by Gasteiger charge is 2.35. The van der Waals surface area contributed by atoms with Crippen molar-refractivity contribution in [3.63, 3.8) is 0 Å². The van der Waals surface area contributed by atoms with Gasteiger partial charge in [0.25, 0.3) is 0 Å². The molecule has 1 aliphatic carbocycles. The van der Waals surface area contributed by atoms with Crippen molar-refractivity contribution in [3.05, 3.63) is 57.3 Å². The SMILES string of the molecule is Cc1[nH]c2c(F)ccc(C)c2c1C(C(N)=O)c1c(C(=O)O)[nH]c2c1CCCC2. The first kappa shape index (κ1) is 18.3. The Morgan fingerprint density at radius 1 is 1.14 bits per heavy atom. The summed E-state index contributed by atoms with van der Waals surface area (Å²) in [6.07, 6.45) is 3.31. The first-order chi connectivity index (χ1) is 13.3. The maximum Gasteiger partial charge on any atom is 0.352 e. The molecule has 0 saturated carbocycles. The van der Waals surface area contributed by atoms with E-state index in [1.54, 1.807) is 13.0 Å². The van der Waals surface area contributed by atoms with Gasteiger partial charge in [0.1, 0.15) is 11.5 Å². The number of aromatic amines is 2. The van der Waals surface area contributed by atoms with Crippen LogP contribution in [-0.4, -0.2) is 27.0 Å². The van der Waals surface area contributed by atoms with E-state index in [4.69, 9.17) is 5.73 Å². The highest BCUT2D eigenvalue weighted by molar-refractivity contribution is 5.99. The molecular formula is C21H22FN3O3. The number of carbonyl (C=O) groups excluding carboxylic acids is 1. The molecule has 1 unspecified atom stereocenters. The molecule has 2 aromatic heterocycles. The van der Waals surface area contributed by atoms with E-state index in [1.807, 2.05) is 6.92 Å². The molecule has 0 fully saturated rings. The monoisotopic (exact) mass is 383 g/mol. The molecule has 0 saturated heterocycles. The van der Waals surface area contributed by atoms with Gasteiger partial charge in [-0.25, -0.2) is 9.18 Å². The number of H-pyrrole nitrogens is 2. The molecular weight excluding hydrogens is 361 g/mol. The van der Waals surface area contributed by atoms with Crippen LogP contribution in [0.1, 0.15) is 62.9 Å². The van der Waals surface area contributed by atoms with E-state index < -0.39 is 23.6 Å². The standard InChI is InChI=1S/C21H22FN3O3/c1-9-7-8-12(22)18-14(9)15(10(2)24-18)17(20(23)26)16-11-5-3-4-6-13(11)25-19(16)21(27)28/h7-8,17,24-25H,3-6H2,1-2H3,(H2,23,26)(H,27,28). The number of aromatic nitrogens is 2. The number of hydrogen-bond donors (Lipinski definition) is 4. The van der Waals surface area contributed by atoms with Crippen molar-refractivity contribution >= 4 is 22.8 Å². The first-order valence-corrected chi connectivity index (χ1v) is 9.34. The minimum atomic E-state index is -1.13. The van der Waals surface area contributed by atoms with Crippen LogP contribution in [0.5, 0.6) is 0 Å². The highest BCUT2D eigenvalue weighted by Crippen LogP contribution is 2.41. The third-order valence-corrected chi connectivity index (χ3v) is 5.76. The number of benzene rings is 1. The number of aromatic carboxylic acids is 1. The van der Waals surface area contributed by atoms with Crippen molar-refractivity contribution in [2.45, 2.75) is 45.4 Å². The van der Waals surface area contributed by atoms with Crippen LogP contribution in [0.4, 0.5) is 4.39 Å². The van der Waals surface area contributed by atoms with Gasteiger partial charge in [-0.3, -0.25) is 4.79 Å². The maximum atomic E-state index is 14.4. The Morgan fingerprint density at radius 2 is 1.86 bits per heavy atom. The number of carboxylic acids is 1. The summed E-state index contributed by atoms with van der Waals surface area (Å²) in [4.78, 5) is 30.6. The maximum absolute atomic E-state index is 14.4. The Bertz CT molecular complexity index is 1130. The molecule has 0 aliphatic heterocycles. The molecule has 2 heterocycles. The Morgan fingerprint density at radius 3 is 2.54 bits per heavy atom. The van der Waals surface area contributed by atoms with Crippen LogP contribution in [0, 0.1) is 19.7 Å². The lowest BCUT2D eigenvalue weighted by atomic mass is 9.82. The number of hydrogen-bond acceptors (Lipinski definition) is 2. The second-order valence-corrected chi connectivity index (χ2v) is 7.50. The zero-order valence-corrected chi connectivity index (χ0v) is 15.8. The van der Waals surface area contributed by atoms with Crippen LogP contribution in [0.25, 0.3) is 10.9 Å². The van der Waals surface area contributed by atoms with Gasteiger partial charge in [-0.2, -0.15) is 0 Å². The van der Waals surface area contributed by atoms with Gasteiger partial charge in [0.05, 0.1) is 11.4 Å². The number of fused-ring (bicyclic) bond motifs is 2. The summed E-state index contributed by atoms with van der Waals surface area (Å²) >= 11 is 0. The first-order valence-electron chi connectivity index (χ1n) is 9.34. The van der Waals surface area contributed by atoms with E-state index >= 15 is 0 Å². The molecule has 0 bridgehead atoms. The average molecular weight is 383 g/mol. The lowest BCUT2D eigenvalue weighted by Gasteiger charge is -2.19. The largest absolute Gasteiger partial charge is 0.477 e. The molecule has 28 heavy (non-hydrogen) atoms. The zero-order chi connectivity index (χ0) is 20.2. The van der Waals surface area contributed by atoms with Crippen molar-refractivity contribution in [2.75, 3.05) is 0 Å². The Kier molecular flexibility index (Phi) is 4.25. The normalized spacial score (nSPS) is 14.8. The van der Waals surface area contributed by atoms with Gasteiger partial charge in [-0.05, 0) is 62.3 Å². The number of halogens is 1. The summed E-state index contributed by atoms with van der Waals surface area (Å²) in [7, 11) is 0. The molecule has 0 radical (unpaired) electrons. The minimum absolute atomic E-state index is 0.00138. The Labute approximate surface area is 160 Å². The third-order valence-electron chi connectivity index (χ3n) is 5.76. The zero-order valence-electron chi connectivity index (χ0n) is 15.8. The fourth-order valence-corrected chi connectivity index (χ4v) is 4.58. The van der Waals surface area contributed by atoms with Crippen LogP contribution >= 0.6 is 0 Å². The number of primary amides is 1. The van der Waals surface area contributed by atoms with E-state index in [9.17, 15) is 19.1 Å². The van der Waals surface area contributed by atoms with Crippen molar-refractivity contribution in [1.29, 1.82) is 0 Å². The van der Waals surface area contributed by atoms with Gasteiger partial charge in [0.15, 0.2) is 0 Å². The third kappa shape index (κ3) is 2.61. The second-order valence-electron chi connectivity index (χ2n) is 7.50. The molecule has 1 aromatic carbocycles. The fraction of sp³-hybridized carbons (Fsp3) is 0.333. The topological polar surface area (TPSA) is 112 Å². The smallest absolute Gasteiger partial charge is 0.352 e. The summed E-state index contributed by atoms with van der Waals surface area (Å²) in [5.74, 6) is -3.18. The molecule has 1 aliphatic rings. The summed E-state index contributed by atoms with van der Waals surface area (Å²) in [5.41, 5.74) is 10.2. The second kappa shape index (κ2) is 6.51. The van der Waals surface area contributed by atoms with Crippen molar-refractivity contribution in [1.82, 2.24) is 9.97 Å². The van der Waals surface area contributed by atoms with Crippen molar-refractivity contribution in [3.8, 4) is 0 Å². The summed E-state index contributed by atoms with van der Waals surface area (Å²) < 4.78 is 14.4. The van der Waals surface area contributed by atoms with Crippen molar-refractivity contribution < 1.29 is 19.1 Å². The molecule has 1 atom stereocenters. The number of nitrogens with one attached hydrogen (secondary N) is 2. The number of carbonyl (C=O) groups is 2. The Balaban J connectivity index is 2.07. The van der Waals surface area contributed by atoms with E-state index in [1.165, 1.54) is 6.07 Å². The predicted octanol–water partition coefficient (Wildman–Crippen LogP) is 3.45. The Hall–Kier alpha value is -3.09. The summed E-state index contributed by atoms with van der Waals surface area (Å²) in [6.45, 7) is 3.59. The number of aryl methyl sites for hydroxylation is 3. The van der Waals surface area contributed by atoms with Gasteiger partial charge < -0.3 is 20.8 Å². The molecule has 5 N–H and O–H groups in total. The highest BCUT2D eigenvalue weighted by atomic mass is 19.1. The van der Waals surface area contributed by atoms with Gasteiger partial charge in [0, 0.05) is 22.3 Å². The lowest BCUT2D eigenvalue weighted by molar-refractivity contribution is -0.118. The average Bonchev–Trinajstić information content (AvgIpc) is 3.19. The van der Waals surface area contributed by atoms with E-state index in [0.717, 1.165) is 36.1 Å². The lowest BCUT2D eigenvalue weighted by Crippen LogP contribution is -2.25. The van der Waals surface area contributed by atoms with E-state index in [0.29, 0.717) is 34.1 Å². The summed E-state index contributed by atoms with van der Waals surface area (Å²) in [5, 5.41) is 10.4. The van der Waals surface area contributed by atoms with Crippen LogP contribution in [0.15, 0.2) is 12.1 Å². The van der Waals surface area contributed by atoms with E-state index in [2.05, 4.69) is 9.97 Å².